The molecule has 0 aliphatic carbocycles. The predicted molar refractivity (Wildman–Crippen MR) is 92.7 cm³/mol. The number of H-pyrrole nitrogens is 1. The number of nitrogens with zero attached hydrogens (tertiary/aromatic N) is 2. The molecular formula is C19H15N3O2. The lowest BCUT2D eigenvalue weighted by molar-refractivity contribution is 0.607. The first kappa shape index (κ1) is 14.4. The second kappa shape index (κ2) is 5.77. The Morgan fingerprint density at radius 1 is 0.958 bits per heavy atom. The van der Waals surface area contributed by atoms with Crippen LogP contribution < -0.4 is 5.56 Å². The Balaban J connectivity index is 1.83. The minimum atomic E-state index is -0.305. The van der Waals surface area contributed by atoms with Crippen molar-refractivity contribution in [2.24, 2.45) is 0 Å². The van der Waals surface area contributed by atoms with Crippen molar-refractivity contribution in [2.45, 2.75) is 13.3 Å². The van der Waals surface area contributed by atoms with Gasteiger partial charge in [-0.1, -0.05) is 49.4 Å². The summed E-state index contributed by atoms with van der Waals surface area (Å²) in [5.74, 6) is 0.869. The number of rotatable bonds is 3. The average Bonchev–Trinajstić information content (AvgIpc) is 3.07. The maximum absolute atomic E-state index is 12.3. The largest absolute Gasteiger partial charge is 0.417 e. The van der Waals surface area contributed by atoms with Crippen molar-refractivity contribution in [3.63, 3.8) is 0 Å². The first-order valence-corrected chi connectivity index (χ1v) is 7.80. The summed E-state index contributed by atoms with van der Waals surface area (Å²) in [5, 5.41) is 0. The molecule has 0 aliphatic rings. The van der Waals surface area contributed by atoms with Crippen LogP contribution >= 0.6 is 0 Å². The average molecular weight is 317 g/mol. The molecule has 0 saturated heterocycles. The van der Waals surface area contributed by atoms with Crippen molar-refractivity contribution < 1.29 is 4.42 Å². The van der Waals surface area contributed by atoms with Crippen LogP contribution in [0.5, 0.6) is 0 Å². The molecule has 2 aromatic carbocycles. The van der Waals surface area contributed by atoms with Gasteiger partial charge in [-0.05, 0) is 24.1 Å². The number of aromatic nitrogens is 3. The van der Waals surface area contributed by atoms with Crippen molar-refractivity contribution in [1.29, 1.82) is 0 Å². The SMILES string of the molecule is CCc1ccc(-c2nc3oc(-c4ccccc4)nc3c(=O)[nH]2)cc1. The lowest BCUT2D eigenvalue weighted by atomic mass is 10.1. The number of nitrogens with one attached hydrogen (secondary N) is 1. The third kappa shape index (κ3) is 2.50. The second-order valence-corrected chi connectivity index (χ2v) is 5.50. The maximum atomic E-state index is 12.3. The van der Waals surface area contributed by atoms with E-state index in [2.05, 4.69) is 21.9 Å². The number of aromatic amines is 1. The highest BCUT2D eigenvalue weighted by molar-refractivity contribution is 5.74. The molecule has 0 atom stereocenters. The monoisotopic (exact) mass is 317 g/mol. The van der Waals surface area contributed by atoms with Crippen LogP contribution in [0, 0.1) is 0 Å². The summed E-state index contributed by atoms with van der Waals surface area (Å²) in [6.07, 6.45) is 0.964. The van der Waals surface area contributed by atoms with E-state index in [1.54, 1.807) is 0 Å². The van der Waals surface area contributed by atoms with E-state index in [1.165, 1.54) is 5.56 Å². The van der Waals surface area contributed by atoms with Gasteiger partial charge in [-0.25, -0.2) is 4.98 Å². The topological polar surface area (TPSA) is 71.8 Å². The maximum Gasteiger partial charge on any atom is 0.281 e. The number of hydrogen-bond acceptors (Lipinski definition) is 4. The van der Waals surface area contributed by atoms with E-state index in [0.717, 1.165) is 17.5 Å². The fourth-order valence-corrected chi connectivity index (χ4v) is 2.57. The molecule has 1 N–H and O–H groups in total. The van der Waals surface area contributed by atoms with Crippen LogP contribution in [0.1, 0.15) is 12.5 Å². The third-order valence-electron chi connectivity index (χ3n) is 3.93. The molecule has 2 heterocycles. The highest BCUT2D eigenvalue weighted by atomic mass is 16.4. The quantitative estimate of drug-likeness (QED) is 0.623. The smallest absolute Gasteiger partial charge is 0.281 e. The Hall–Kier alpha value is -3.21. The minimum absolute atomic E-state index is 0.211. The van der Waals surface area contributed by atoms with Gasteiger partial charge >= 0.3 is 0 Å². The van der Waals surface area contributed by atoms with Crippen LogP contribution in [0.25, 0.3) is 34.1 Å². The zero-order valence-corrected chi connectivity index (χ0v) is 13.1. The third-order valence-corrected chi connectivity index (χ3v) is 3.93. The molecule has 2 aromatic heterocycles. The summed E-state index contributed by atoms with van der Waals surface area (Å²) >= 11 is 0. The Bertz CT molecular complexity index is 1050. The normalized spacial score (nSPS) is 11.0. The minimum Gasteiger partial charge on any atom is -0.417 e. The van der Waals surface area contributed by atoms with Gasteiger partial charge in [0.05, 0.1) is 0 Å². The summed E-state index contributed by atoms with van der Waals surface area (Å²) in [6.45, 7) is 2.10. The molecule has 24 heavy (non-hydrogen) atoms. The van der Waals surface area contributed by atoms with E-state index in [1.807, 2.05) is 54.6 Å². The summed E-state index contributed by atoms with van der Waals surface area (Å²) < 4.78 is 5.70. The molecule has 0 saturated carbocycles. The lowest BCUT2D eigenvalue weighted by Gasteiger charge is -2.01. The van der Waals surface area contributed by atoms with E-state index in [-0.39, 0.29) is 16.8 Å². The highest BCUT2D eigenvalue weighted by Crippen LogP contribution is 2.23. The van der Waals surface area contributed by atoms with E-state index in [9.17, 15) is 4.79 Å². The zero-order valence-electron chi connectivity index (χ0n) is 13.1. The van der Waals surface area contributed by atoms with Crippen molar-refractivity contribution in [1.82, 2.24) is 15.0 Å². The predicted octanol–water partition coefficient (Wildman–Crippen LogP) is 3.81. The Morgan fingerprint density at radius 3 is 2.42 bits per heavy atom. The molecule has 0 unspecified atom stereocenters. The van der Waals surface area contributed by atoms with Gasteiger partial charge in [-0.15, -0.1) is 0 Å². The van der Waals surface area contributed by atoms with Crippen LogP contribution in [0.15, 0.2) is 63.8 Å². The summed E-state index contributed by atoms with van der Waals surface area (Å²) in [7, 11) is 0. The molecule has 0 bridgehead atoms. The molecule has 0 amide bonds. The molecule has 4 aromatic rings. The van der Waals surface area contributed by atoms with Crippen molar-refractivity contribution in [3.05, 3.63) is 70.5 Å². The van der Waals surface area contributed by atoms with Gasteiger partial charge in [0.15, 0.2) is 5.52 Å². The first-order chi connectivity index (χ1) is 11.7. The van der Waals surface area contributed by atoms with Crippen molar-refractivity contribution in [2.75, 3.05) is 0 Å². The standard InChI is InChI=1S/C19H15N3O2/c1-2-12-8-10-13(11-9-12)16-21-17(23)15-19(22-16)24-18(20-15)14-6-4-3-5-7-14/h3-11H,2H2,1H3,(H,21,22,23). The van der Waals surface area contributed by atoms with Gasteiger partial charge in [0.1, 0.15) is 5.82 Å². The van der Waals surface area contributed by atoms with Gasteiger partial charge in [0.25, 0.3) is 11.3 Å². The first-order valence-electron chi connectivity index (χ1n) is 7.80. The number of oxazole rings is 1. The lowest BCUT2D eigenvalue weighted by Crippen LogP contribution is -2.09. The molecule has 0 fully saturated rings. The van der Waals surface area contributed by atoms with Gasteiger partial charge in [0.2, 0.25) is 5.89 Å². The number of aryl methyl sites for hydroxylation is 1. The Kier molecular flexibility index (Phi) is 3.46. The van der Waals surface area contributed by atoms with Crippen LogP contribution in [-0.4, -0.2) is 15.0 Å². The molecular weight excluding hydrogens is 302 g/mol. The molecule has 118 valence electrons. The number of hydrogen-bond donors (Lipinski definition) is 1. The molecule has 0 radical (unpaired) electrons. The fourth-order valence-electron chi connectivity index (χ4n) is 2.57. The van der Waals surface area contributed by atoms with E-state index < -0.39 is 0 Å². The van der Waals surface area contributed by atoms with E-state index in [0.29, 0.717) is 11.7 Å². The van der Waals surface area contributed by atoms with Crippen molar-refractivity contribution >= 4 is 11.2 Å². The summed E-state index contributed by atoms with van der Waals surface area (Å²) in [4.78, 5) is 23.8. The molecule has 0 aliphatic heterocycles. The van der Waals surface area contributed by atoms with Crippen LogP contribution in [-0.2, 0) is 6.42 Å². The molecule has 4 rings (SSSR count). The number of fused-ring (bicyclic) bond motifs is 1. The Morgan fingerprint density at radius 2 is 1.71 bits per heavy atom. The van der Waals surface area contributed by atoms with Gasteiger partial charge < -0.3 is 9.40 Å². The number of benzene rings is 2. The van der Waals surface area contributed by atoms with Crippen LogP contribution in [0.2, 0.25) is 0 Å². The highest BCUT2D eigenvalue weighted by Gasteiger charge is 2.14. The summed E-state index contributed by atoms with van der Waals surface area (Å²) in [6, 6.07) is 17.4. The summed E-state index contributed by atoms with van der Waals surface area (Å²) in [5.41, 5.74) is 3.02. The molecule has 0 spiro atoms. The molecule has 5 heteroatoms. The Labute approximate surface area is 138 Å². The molecule has 5 nitrogen and oxygen atoms in total. The second-order valence-electron chi connectivity index (χ2n) is 5.50. The van der Waals surface area contributed by atoms with E-state index in [4.69, 9.17) is 4.42 Å². The fraction of sp³-hybridized carbons (Fsp3) is 0.105. The van der Waals surface area contributed by atoms with Crippen molar-refractivity contribution in [3.8, 4) is 22.8 Å². The van der Waals surface area contributed by atoms with Gasteiger partial charge in [-0.3, -0.25) is 4.79 Å². The van der Waals surface area contributed by atoms with Crippen LogP contribution in [0.3, 0.4) is 0 Å². The zero-order chi connectivity index (χ0) is 16.5. The van der Waals surface area contributed by atoms with Gasteiger partial charge in [-0.2, -0.15) is 4.98 Å². The van der Waals surface area contributed by atoms with Gasteiger partial charge in [0, 0.05) is 11.1 Å². The van der Waals surface area contributed by atoms with E-state index >= 15 is 0 Å². The van der Waals surface area contributed by atoms with Crippen LogP contribution in [0.4, 0.5) is 0 Å².